The lowest BCUT2D eigenvalue weighted by atomic mass is 10.0. The third kappa shape index (κ3) is 2.70. The molecule has 0 aromatic heterocycles. The van der Waals surface area contributed by atoms with Gasteiger partial charge in [0.2, 0.25) is 10.0 Å². The van der Waals surface area contributed by atoms with Crippen LogP contribution >= 0.6 is 0 Å². The quantitative estimate of drug-likeness (QED) is 0.853. The van der Waals surface area contributed by atoms with Gasteiger partial charge in [0.05, 0.1) is 7.11 Å². The first-order chi connectivity index (χ1) is 6.86. The van der Waals surface area contributed by atoms with Crippen molar-refractivity contribution in [3.8, 4) is 5.75 Å². The van der Waals surface area contributed by atoms with Gasteiger partial charge in [0.1, 0.15) is 10.6 Å². The van der Waals surface area contributed by atoms with Crippen LogP contribution in [0.3, 0.4) is 0 Å². The summed E-state index contributed by atoms with van der Waals surface area (Å²) in [5.74, 6) is 0.526. The highest BCUT2D eigenvalue weighted by Gasteiger charge is 2.16. The number of rotatable bonds is 3. The Morgan fingerprint density at radius 1 is 1.33 bits per heavy atom. The number of benzene rings is 1. The van der Waals surface area contributed by atoms with Crippen LogP contribution in [0.25, 0.3) is 0 Å². The fraction of sp³-hybridized carbons (Fsp3) is 0.400. The molecule has 1 aromatic rings. The van der Waals surface area contributed by atoms with E-state index < -0.39 is 10.0 Å². The van der Waals surface area contributed by atoms with Crippen LogP contribution in [0, 0.1) is 0 Å². The molecular weight excluding hydrogens is 214 g/mol. The zero-order valence-corrected chi connectivity index (χ0v) is 9.84. The van der Waals surface area contributed by atoms with Crippen molar-refractivity contribution in [3.05, 3.63) is 23.8 Å². The molecular formula is C10H15NO3S. The maximum Gasteiger partial charge on any atom is 0.241 e. The molecule has 84 valence electrons. The zero-order valence-electron chi connectivity index (χ0n) is 9.02. The van der Waals surface area contributed by atoms with Crippen LogP contribution in [0.5, 0.6) is 5.75 Å². The molecule has 0 unspecified atom stereocenters. The Hall–Kier alpha value is -1.07. The first-order valence-electron chi connectivity index (χ1n) is 4.57. The Labute approximate surface area is 90.1 Å². The van der Waals surface area contributed by atoms with E-state index in [9.17, 15) is 8.42 Å². The maximum absolute atomic E-state index is 11.3. The average molecular weight is 229 g/mol. The van der Waals surface area contributed by atoms with E-state index in [1.54, 1.807) is 12.1 Å². The smallest absolute Gasteiger partial charge is 0.241 e. The molecule has 0 heterocycles. The Morgan fingerprint density at radius 2 is 1.93 bits per heavy atom. The first-order valence-corrected chi connectivity index (χ1v) is 6.11. The molecule has 1 rings (SSSR count). The zero-order chi connectivity index (χ0) is 11.6. The molecule has 15 heavy (non-hydrogen) atoms. The summed E-state index contributed by atoms with van der Waals surface area (Å²) in [6.07, 6.45) is 0. The summed E-state index contributed by atoms with van der Waals surface area (Å²) in [5.41, 5.74) is 0.917. The largest absolute Gasteiger partial charge is 0.495 e. The predicted molar refractivity (Wildman–Crippen MR) is 58.5 cm³/mol. The maximum atomic E-state index is 11.3. The molecule has 0 saturated heterocycles. The number of nitrogens with two attached hydrogens (primary N) is 1. The molecule has 0 aliphatic rings. The second kappa shape index (κ2) is 4.20. The number of sulfonamides is 1. The molecule has 0 fully saturated rings. The van der Waals surface area contributed by atoms with Gasteiger partial charge in [-0.1, -0.05) is 19.9 Å². The summed E-state index contributed by atoms with van der Waals surface area (Å²) >= 11 is 0. The minimum Gasteiger partial charge on any atom is -0.495 e. The van der Waals surface area contributed by atoms with Crippen molar-refractivity contribution in [3.63, 3.8) is 0 Å². The molecule has 0 amide bonds. The molecule has 0 atom stereocenters. The highest BCUT2D eigenvalue weighted by atomic mass is 32.2. The number of ether oxygens (including phenoxy) is 1. The molecule has 0 spiro atoms. The molecule has 0 aliphatic carbocycles. The number of primary sulfonamides is 1. The van der Waals surface area contributed by atoms with Crippen molar-refractivity contribution in [1.82, 2.24) is 0 Å². The van der Waals surface area contributed by atoms with E-state index in [-0.39, 0.29) is 16.6 Å². The lowest BCUT2D eigenvalue weighted by Crippen LogP contribution is -2.14. The molecule has 0 bridgehead atoms. The second-order valence-electron chi connectivity index (χ2n) is 3.61. The molecule has 2 N–H and O–H groups in total. The lowest BCUT2D eigenvalue weighted by molar-refractivity contribution is 0.402. The highest BCUT2D eigenvalue weighted by molar-refractivity contribution is 7.89. The second-order valence-corrected chi connectivity index (χ2v) is 5.14. The van der Waals surface area contributed by atoms with Gasteiger partial charge in [-0.2, -0.15) is 0 Å². The summed E-state index contributed by atoms with van der Waals surface area (Å²) in [6, 6.07) is 5.01. The van der Waals surface area contributed by atoms with Crippen molar-refractivity contribution in [2.24, 2.45) is 5.14 Å². The van der Waals surface area contributed by atoms with Crippen LogP contribution in [-0.2, 0) is 10.0 Å². The fourth-order valence-corrected chi connectivity index (χ4v) is 2.01. The van der Waals surface area contributed by atoms with Gasteiger partial charge in [0.25, 0.3) is 0 Å². The van der Waals surface area contributed by atoms with Crippen molar-refractivity contribution in [1.29, 1.82) is 0 Å². The van der Waals surface area contributed by atoms with Gasteiger partial charge in [-0.3, -0.25) is 0 Å². The van der Waals surface area contributed by atoms with Crippen molar-refractivity contribution in [2.75, 3.05) is 7.11 Å². The lowest BCUT2D eigenvalue weighted by Gasteiger charge is -2.10. The Balaban J connectivity index is 3.39. The predicted octanol–water partition coefficient (Wildman–Crippen LogP) is 1.47. The summed E-state index contributed by atoms with van der Waals surface area (Å²) in [5, 5.41) is 5.09. The van der Waals surface area contributed by atoms with E-state index in [0.29, 0.717) is 0 Å². The molecule has 5 heteroatoms. The topological polar surface area (TPSA) is 69.4 Å². The number of methoxy groups -OCH3 is 1. The Kier molecular flexibility index (Phi) is 3.36. The summed E-state index contributed by atoms with van der Waals surface area (Å²) < 4.78 is 27.5. The molecule has 0 saturated carbocycles. The molecule has 0 aliphatic heterocycles. The highest BCUT2D eigenvalue weighted by Crippen LogP contribution is 2.26. The number of hydrogen-bond acceptors (Lipinski definition) is 3. The number of hydrogen-bond donors (Lipinski definition) is 1. The van der Waals surface area contributed by atoms with Crippen molar-refractivity contribution in [2.45, 2.75) is 24.7 Å². The van der Waals surface area contributed by atoms with Crippen LogP contribution in [0.15, 0.2) is 23.1 Å². The monoisotopic (exact) mass is 229 g/mol. The summed E-state index contributed by atoms with van der Waals surface area (Å²) in [7, 11) is -2.31. The third-order valence-electron chi connectivity index (χ3n) is 2.16. The third-order valence-corrected chi connectivity index (χ3v) is 3.09. The van der Waals surface area contributed by atoms with Gasteiger partial charge in [0, 0.05) is 0 Å². The van der Waals surface area contributed by atoms with Crippen LogP contribution in [0.2, 0.25) is 0 Å². The standard InChI is InChI=1S/C10H15NO3S/c1-7(2)8-4-5-9(14-3)10(6-8)15(11,12)13/h4-7H,1-3H3,(H2,11,12,13). The van der Waals surface area contributed by atoms with E-state index in [1.165, 1.54) is 7.11 Å². The Morgan fingerprint density at radius 3 is 2.33 bits per heavy atom. The molecule has 0 radical (unpaired) electrons. The van der Waals surface area contributed by atoms with Gasteiger partial charge in [-0.25, -0.2) is 13.6 Å². The van der Waals surface area contributed by atoms with Crippen LogP contribution in [0.4, 0.5) is 0 Å². The minimum atomic E-state index is -3.73. The van der Waals surface area contributed by atoms with Crippen molar-refractivity contribution < 1.29 is 13.2 Å². The molecule has 4 nitrogen and oxygen atoms in total. The summed E-state index contributed by atoms with van der Waals surface area (Å²) in [4.78, 5) is 0.0381. The van der Waals surface area contributed by atoms with Crippen LogP contribution in [-0.4, -0.2) is 15.5 Å². The Bertz CT molecular complexity index is 452. The normalized spacial score (nSPS) is 11.8. The van der Waals surface area contributed by atoms with Gasteiger partial charge < -0.3 is 4.74 Å². The van der Waals surface area contributed by atoms with E-state index in [4.69, 9.17) is 9.88 Å². The van der Waals surface area contributed by atoms with Gasteiger partial charge in [0.15, 0.2) is 0 Å². The average Bonchev–Trinajstić information content (AvgIpc) is 2.15. The van der Waals surface area contributed by atoms with Crippen molar-refractivity contribution >= 4 is 10.0 Å². The van der Waals surface area contributed by atoms with Gasteiger partial charge in [-0.15, -0.1) is 0 Å². The van der Waals surface area contributed by atoms with Gasteiger partial charge in [-0.05, 0) is 23.6 Å². The molecule has 1 aromatic carbocycles. The van der Waals surface area contributed by atoms with Crippen LogP contribution in [0.1, 0.15) is 25.3 Å². The minimum absolute atomic E-state index is 0.0381. The van der Waals surface area contributed by atoms with E-state index in [0.717, 1.165) is 5.56 Å². The van der Waals surface area contributed by atoms with E-state index in [1.807, 2.05) is 19.9 Å². The summed E-state index contributed by atoms with van der Waals surface area (Å²) in [6.45, 7) is 3.96. The van der Waals surface area contributed by atoms with E-state index >= 15 is 0 Å². The first kappa shape index (κ1) is 12.0. The van der Waals surface area contributed by atoms with E-state index in [2.05, 4.69) is 0 Å². The van der Waals surface area contributed by atoms with Gasteiger partial charge >= 0.3 is 0 Å². The SMILES string of the molecule is COc1ccc(C(C)C)cc1S(N)(=O)=O. The fourth-order valence-electron chi connectivity index (χ4n) is 1.27. The van der Waals surface area contributed by atoms with Crippen LogP contribution < -0.4 is 9.88 Å².